The molecule has 3 fully saturated rings. The molecule has 2 heterocycles. The number of rotatable bonds is 10. The average Bonchev–Trinajstić information content (AvgIpc) is 3.94. The Morgan fingerprint density at radius 3 is 1.79 bits per heavy atom. The van der Waals surface area contributed by atoms with Gasteiger partial charge in [0.1, 0.15) is 23.0 Å². The molecular weight excluding hydrogens is 743 g/mol. The van der Waals surface area contributed by atoms with Crippen LogP contribution in [-0.4, -0.2) is 44.5 Å². The van der Waals surface area contributed by atoms with E-state index in [9.17, 15) is 34.7 Å². The molecule has 0 radical (unpaired) electrons. The first-order chi connectivity index (χ1) is 27.8. The minimum absolute atomic E-state index is 0.0456. The van der Waals surface area contributed by atoms with Gasteiger partial charge in [-0.3, -0.25) is 18.7 Å². The standard InChI is InChI=1S/C43H41N7O8/c1-6-27-22(2)36(40(53)49(4)38(27)51)47-45-34-13-9-7-11-28(34)42(55)57-20-24-15-30-25-17-26(31(18-25)32(30)16-24)21-58-43(56)29-12-8-10-14-35(29)46-48-37-23(3)33(19-44)39(52)50(5)41(37)54/h1,7-14,24-26,30-32,51-52H,15-18,20-21H2,2-5H3. The first-order valence-corrected chi connectivity index (χ1v) is 18.9. The number of nitrogens with zero attached hydrogens (tertiary/aromatic N) is 7. The van der Waals surface area contributed by atoms with Crippen LogP contribution in [0.2, 0.25) is 0 Å². The highest BCUT2D eigenvalue weighted by Crippen LogP contribution is 2.62. The van der Waals surface area contributed by atoms with E-state index in [1.807, 2.05) is 6.07 Å². The molecule has 2 aromatic heterocycles. The lowest BCUT2D eigenvalue weighted by atomic mass is 9.76. The summed E-state index contributed by atoms with van der Waals surface area (Å²) in [6, 6.07) is 15.0. The topological polar surface area (TPSA) is 210 Å². The lowest BCUT2D eigenvalue weighted by molar-refractivity contribution is 0.0336. The minimum Gasteiger partial charge on any atom is -0.493 e. The molecule has 0 saturated heterocycles. The summed E-state index contributed by atoms with van der Waals surface area (Å²) in [7, 11) is 2.70. The van der Waals surface area contributed by atoms with Gasteiger partial charge in [-0.15, -0.1) is 26.9 Å². The molecular formula is C43H41N7O8. The van der Waals surface area contributed by atoms with Gasteiger partial charge in [-0.1, -0.05) is 30.2 Å². The van der Waals surface area contributed by atoms with E-state index in [0.717, 1.165) is 34.8 Å². The summed E-state index contributed by atoms with van der Waals surface area (Å²) in [5.74, 6) is 2.67. The summed E-state index contributed by atoms with van der Waals surface area (Å²) < 4.78 is 13.6. The zero-order chi connectivity index (χ0) is 41.4. The molecule has 3 aliphatic carbocycles. The Morgan fingerprint density at radius 1 is 0.741 bits per heavy atom. The molecule has 2 N–H and O–H groups in total. The molecule has 0 spiro atoms. The molecule has 2 aromatic carbocycles. The predicted molar refractivity (Wildman–Crippen MR) is 210 cm³/mol. The second-order valence-electron chi connectivity index (χ2n) is 15.3. The van der Waals surface area contributed by atoms with E-state index >= 15 is 0 Å². The summed E-state index contributed by atoms with van der Waals surface area (Å²) in [6.07, 6.45) is 9.41. The number of nitriles is 1. The van der Waals surface area contributed by atoms with Gasteiger partial charge in [-0.05, 0) is 99.3 Å². The van der Waals surface area contributed by atoms with Crippen molar-refractivity contribution in [3.8, 4) is 30.2 Å². The molecule has 2 bridgehead atoms. The van der Waals surface area contributed by atoms with Gasteiger partial charge in [-0.2, -0.15) is 5.26 Å². The smallest absolute Gasteiger partial charge is 0.340 e. The van der Waals surface area contributed by atoms with Crippen LogP contribution in [0.1, 0.15) is 68.7 Å². The monoisotopic (exact) mass is 783 g/mol. The van der Waals surface area contributed by atoms with Gasteiger partial charge in [0.25, 0.3) is 11.1 Å². The maximum absolute atomic E-state index is 13.4. The molecule has 58 heavy (non-hydrogen) atoms. The maximum atomic E-state index is 13.4. The van der Waals surface area contributed by atoms with Gasteiger partial charge in [0.2, 0.25) is 11.8 Å². The second-order valence-corrected chi connectivity index (χ2v) is 15.3. The molecule has 15 heteroatoms. The van der Waals surface area contributed by atoms with Gasteiger partial charge >= 0.3 is 11.9 Å². The molecule has 7 rings (SSSR count). The highest BCUT2D eigenvalue weighted by molar-refractivity contribution is 5.95. The fourth-order valence-corrected chi connectivity index (χ4v) is 9.14. The van der Waals surface area contributed by atoms with Crippen LogP contribution < -0.4 is 11.1 Å². The number of carbonyl (C=O) groups is 2. The van der Waals surface area contributed by atoms with Crippen LogP contribution >= 0.6 is 0 Å². The van der Waals surface area contributed by atoms with E-state index in [1.165, 1.54) is 21.0 Å². The van der Waals surface area contributed by atoms with Gasteiger partial charge in [-0.25, -0.2) is 9.59 Å². The van der Waals surface area contributed by atoms with Crippen LogP contribution in [0.4, 0.5) is 22.7 Å². The molecule has 4 aromatic rings. The van der Waals surface area contributed by atoms with Crippen LogP contribution in [0.5, 0.6) is 11.8 Å². The third-order valence-corrected chi connectivity index (χ3v) is 12.2. The van der Waals surface area contributed by atoms with Crippen molar-refractivity contribution in [2.24, 2.45) is 70.1 Å². The van der Waals surface area contributed by atoms with Crippen LogP contribution in [0.25, 0.3) is 0 Å². The van der Waals surface area contributed by atoms with Crippen molar-refractivity contribution in [3.05, 3.63) is 103 Å². The van der Waals surface area contributed by atoms with E-state index in [2.05, 4.69) is 26.4 Å². The van der Waals surface area contributed by atoms with Crippen molar-refractivity contribution in [3.63, 3.8) is 0 Å². The van der Waals surface area contributed by atoms with Crippen molar-refractivity contribution < 1.29 is 29.3 Å². The Bertz CT molecular complexity index is 2610. The van der Waals surface area contributed by atoms with E-state index in [1.54, 1.807) is 55.5 Å². The van der Waals surface area contributed by atoms with Crippen molar-refractivity contribution in [1.82, 2.24) is 9.13 Å². The largest absolute Gasteiger partial charge is 0.493 e. The summed E-state index contributed by atoms with van der Waals surface area (Å²) in [6.45, 7) is 3.57. The first kappa shape index (κ1) is 39.4. The number of terminal acetylenes is 1. The Kier molecular flexibility index (Phi) is 10.8. The van der Waals surface area contributed by atoms with E-state index < -0.39 is 28.9 Å². The van der Waals surface area contributed by atoms with Gasteiger partial charge in [0.15, 0.2) is 11.4 Å². The Labute approximate surface area is 333 Å². The number of aromatic hydroxyl groups is 2. The number of azo groups is 2. The average molecular weight is 784 g/mol. The van der Waals surface area contributed by atoms with Gasteiger partial charge in [0, 0.05) is 25.2 Å². The van der Waals surface area contributed by atoms with Crippen LogP contribution in [0, 0.1) is 73.0 Å². The molecule has 296 valence electrons. The second kappa shape index (κ2) is 15.9. The van der Waals surface area contributed by atoms with E-state index in [0.29, 0.717) is 29.2 Å². The highest BCUT2D eigenvalue weighted by Gasteiger charge is 2.56. The molecule has 0 aliphatic heterocycles. The number of benzene rings is 2. The molecule has 3 saturated carbocycles. The molecule has 3 aliphatic rings. The third kappa shape index (κ3) is 7.04. The van der Waals surface area contributed by atoms with E-state index in [4.69, 9.17) is 15.9 Å². The SMILES string of the molecule is C#Cc1c(C)c(N=Nc2ccccc2C(=O)OCC2CC3C4CC(COC(=O)c5ccccc5N=Nc5c(C)c(C#N)c(O)n(C)c5=O)C(C4)C3C2)c(=O)n(C)c1O. The number of hydrogen-bond acceptors (Lipinski definition) is 13. The Balaban J connectivity index is 0.960. The van der Waals surface area contributed by atoms with Crippen molar-refractivity contribution in [2.45, 2.75) is 39.5 Å². The highest BCUT2D eigenvalue weighted by atomic mass is 16.5. The van der Waals surface area contributed by atoms with E-state index in [-0.39, 0.29) is 81.5 Å². The van der Waals surface area contributed by atoms with Crippen molar-refractivity contribution >= 4 is 34.7 Å². The van der Waals surface area contributed by atoms with Gasteiger partial charge in [0.05, 0.1) is 29.9 Å². The zero-order valence-electron chi connectivity index (χ0n) is 32.4. The zero-order valence-corrected chi connectivity index (χ0v) is 32.4. The number of ether oxygens (including phenoxy) is 2. The van der Waals surface area contributed by atoms with Crippen molar-refractivity contribution in [2.75, 3.05) is 13.2 Å². The Hall–Kier alpha value is -6.87. The number of pyridine rings is 2. The number of aromatic nitrogens is 2. The summed E-state index contributed by atoms with van der Waals surface area (Å²) in [4.78, 5) is 52.3. The first-order valence-electron chi connectivity index (χ1n) is 18.9. The number of esters is 2. The summed E-state index contributed by atoms with van der Waals surface area (Å²) in [5, 5.41) is 46.5. The number of fused-ring (bicyclic) bond motifs is 5. The third-order valence-electron chi connectivity index (χ3n) is 12.2. The lowest BCUT2D eigenvalue weighted by Gasteiger charge is -2.31. The summed E-state index contributed by atoms with van der Waals surface area (Å²) >= 11 is 0. The predicted octanol–water partition coefficient (Wildman–Crippen LogP) is 7.11. The molecule has 6 atom stereocenters. The molecule has 6 unspecified atom stereocenters. The fourth-order valence-electron chi connectivity index (χ4n) is 9.14. The molecule has 0 amide bonds. The van der Waals surface area contributed by atoms with Crippen LogP contribution in [0.3, 0.4) is 0 Å². The fraction of sp³-hybridized carbons (Fsp3) is 0.372. The summed E-state index contributed by atoms with van der Waals surface area (Å²) in [5.41, 5.74) is -0.0732. The lowest BCUT2D eigenvalue weighted by Crippen LogP contribution is -2.28. The van der Waals surface area contributed by atoms with Crippen molar-refractivity contribution in [1.29, 1.82) is 5.26 Å². The van der Waals surface area contributed by atoms with Gasteiger partial charge < -0.3 is 19.7 Å². The minimum atomic E-state index is -0.638. The van der Waals surface area contributed by atoms with Crippen LogP contribution in [-0.2, 0) is 23.6 Å². The maximum Gasteiger partial charge on any atom is 0.340 e. The molecule has 15 nitrogen and oxygen atoms in total. The van der Waals surface area contributed by atoms with Crippen LogP contribution in [0.15, 0.2) is 78.6 Å². The quantitative estimate of drug-likeness (QED) is 0.0952. The number of hydrogen-bond donors (Lipinski definition) is 2. The number of carbonyl (C=O) groups excluding carboxylic acids is 2. The Morgan fingerprint density at radius 2 is 1.24 bits per heavy atom. The normalized spacial score (nSPS) is 21.9.